The predicted molar refractivity (Wildman–Crippen MR) is 80.0 cm³/mol. The van der Waals surface area contributed by atoms with Crippen molar-refractivity contribution in [3.05, 3.63) is 32.7 Å². The van der Waals surface area contributed by atoms with Crippen LogP contribution in [0.4, 0.5) is 0 Å². The molecule has 0 spiro atoms. The molecule has 1 unspecified atom stereocenters. The molecule has 1 fully saturated rings. The Morgan fingerprint density at radius 2 is 2.24 bits per heavy atom. The molecule has 0 aliphatic carbocycles. The molecule has 6 nitrogen and oxygen atoms in total. The Bertz CT molecular complexity index is 765. The second-order valence-corrected chi connectivity index (χ2v) is 6.57. The van der Waals surface area contributed by atoms with Gasteiger partial charge in [0, 0.05) is 29.9 Å². The summed E-state index contributed by atoms with van der Waals surface area (Å²) in [7, 11) is 0. The third-order valence-corrected chi connectivity index (χ3v) is 5.00. The number of aromatic nitrogens is 2. The molecule has 2 aromatic rings. The molecule has 21 heavy (non-hydrogen) atoms. The van der Waals surface area contributed by atoms with Gasteiger partial charge in [-0.05, 0) is 26.7 Å². The van der Waals surface area contributed by atoms with E-state index in [-0.39, 0.29) is 23.6 Å². The summed E-state index contributed by atoms with van der Waals surface area (Å²) >= 11 is 1.44. The summed E-state index contributed by atoms with van der Waals surface area (Å²) in [5, 5.41) is 9.67. The van der Waals surface area contributed by atoms with E-state index in [1.807, 2.05) is 13.8 Å². The molecule has 7 heteroatoms. The minimum absolute atomic E-state index is 0.0718. The van der Waals surface area contributed by atoms with Gasteiger partial charge in [-0.2, -0.15) is 0 Å². The van der Waals surface area contributed by atoms with Gasteiger partial charge < -0.3 is 10.0 Å². The number of carbonyl (C=O) groups excluding carboxylic acids is 1. The number of piperidine rings is 1. The van der Waals surface area contributed by atoms with Crippen LogP contribution in [0.15, 0.2) is 11.0 Å². The van der Waals surface area contributed by atoms with Crippen LogP contribution in [0.5, 0.6) is 0 Å². The van der Waals surface area contributed by atoms with Crippen LogP contribution in [0.2, 0.25) is 0 Å². The van der Waals surface area contributed by atoms with Crippen molar-refractivity contribution in [2.24, 2.45) is 0 Å². The van der Waals surface area contributed by atoms with E-state index in [4.69, 9.17) is 0 Å². The number of aliphatic hydroxyl groups excluding tert-OH is 1. The summed E-state index contributed by atoms with van der Waals surface area (Å²) in [5.74, 6) is -0.344. The lowest BCUT2D eigenvalue weighted by atomic mass is 10.1. The molecule has 2 aromatic heterocycles. The van der Waals surface area contributed by atoms with E-state index in [0.717, 1.165) is 17.0 Å². The van der Waals surface area contributed by atoms with E-state index >= 15 is 0 Å². The molecule has 3 rings (SSSR count). The van der Waals surface area contributed by atoms with Gasteiger partial charge in [-0.15, -0.1) is 11.3 Å². The van der Waals surface area contributed by atoms with Crippen molar-refractivity contribution in [2.45, 2.75) is 32.8 Å². The van der Waals surface area contributed by atoms with Gasteiger partial charge in [0.15, 0.2) is 4.96 Å². The molecule has 0 radical (unpaired) electrons. The second-order valence-electron chi connectivity index (χ2n) is 5.39. The molecule has 0 aromatic carbocycles. The first-order chi connectivity index (χ1) is 9.99. The van der Waals surface area contributed by atoms with Crippen molar-refractivity contribution in [2.75, 3.05) is 13.1 Å². The van der Waals surface area contributed by atoms with Crippen molar-refractivity contribution in [1.29, 1.82) is 0 Å². The second kappa shape index (κ2) is 5.23. The Morgan fingerprint density at radius 3 is 2.95 bits per heavy atom. The van der Waals surface area contributed by atoms with Gasteiger partial charge >= 0.3 is 0 Å². The highest BCUT2D eigenvalue weighted by atomic mass is 32.1. The maximum atomic E-state index is 12.5. The maximum absolute atomic E-state index is 12.5. The Hall–Kier alpha value is -1.73. The number of hydrogen-bond donors (Lipinski definition) is 1. The number of hydrogen-bond acceptors (Lipinski definition) is 5. The number of aryl methyl sites for hydroxylation is 2. The Balaban J connectivity index is 2.04. The number of carbonyl (C=O) groups is 1. The number of amides is 1. The number of thiazole rings is 1. The first kappa shape index (κ1) is 14.2. The molecule has 112 valence electrons. The fourth-order valence-corrected chi connectivity index (χ4v) is 3.56. The van der Waals surface area contributed by atoms with Gasteiger partial charge in [0.05, 0.1) is 6.10 Å². The Labute approximate surface area is 125 Å². The highest BCUT2D eigenvalue weighted by Gasteiger charge is 2.26. The van der Waals surface area contributed by atoms with Crippen molar-refractivity contribution in [1.82, 2.24) is 14.3 Å². The molecule has 1 amide bonds. The standard InChI is InChI=1S/C14H17N3O3S/c1-8-9(2)21-14-15-6-11(13(20)17(8)14)12(19)16-5-3-4-10(18)7-16/h6,10,18H,3-5,7H2,1-2H3. The number of β-amino-alcohol motifs (C(OH)–C–C–N with tert-alkyl or cyclic N) is 1. The molecular weight excluding hydrogens is 290 g/mol. The molecule has 3 heterocycles. The Kier molecular flexibility index (Phi) is 3.54. The number of fused-ring (bicyclic) bond motifs is 1. The fourth-order valence-electron chi connectivity index (χ4n) is 2.63. The predicted octanol–water partition coefficient (Wildman–Crippen LogP) is 0.970. The van der Waals surface area contributed by atoms with Crippen molar-refractivity contribution >= 4 is 22.2 Å². The lowest BCUT2D eigenvalue weighted by Crippen LogP contribution is -2.44. The van der Waals surface area contributed by atoms with Crippen LogP contribution in [0.3, 0.4) is 0 Å². The first-order valence-corrected chi connectivity index (χ1v) is 7.76. The van der Waals surface area contributed by atoms with Crippen LogP contribution >= 0.6 is 11.3 Å². The van der Waals surface area contributed by atoms with Crippen molar-refractivity contribution in [3.8, 4) is 0 Å². The zero-order chi connectivity index (χ0) is 15.1. The minimum atomic E-state index is -0.507. The average molecular weight is 307 g/mol. The molecule has 0 bridgehead atoms. The molecule has 0 saturated carbocycles. The summed E-state index contributed by atoms with van der Waals surface area (Å²) < 4.78 is 1.49. The van der Waals surface area contributed by atoms with Crippen molar-refractivity contribution < 1.29 is 9.90 Å². The van der Waals surface area contributed by atoms with E-state index in [1.165, 1.54) is 26.8 Å². The molecule has 1 aliphatic heterocycles. The largest absolute Gasteiger partial charge is 0.391 e. The fraction of sp³-hybridized carbons (Fsp3) is 0.500. The molecule has 1 aliphatic rings. The summed E-state index contributed by atoms with van der Waals surface area (Å²) in [6, 6.07) is 0. The summed E-state index contributed by atoms with van der Waals surface area (Å²) in [5.41, 5.74) is 0.565. The molecule has 1 atom stereocenters. The summed E-state index contributed by atoms with van der Waals surface area (Å²) in [6.45, 7) is 4.62. The zero-order valence-electron chi connectivity index (χ0n) is 12.0. The van der Waals surface area contributed by atoms with E-state index in [9.17, 15) is 14.7 Å². The highest BCUT2D eigenvalue weighted by Crippen LogP contribution is 2.19. The molecule has 1 saturated heterocycles. The SMILES string of the molecule is Cc1sc2ncc(C(=O)N3CCCC(O)C3)c(=O)n2c1C. The van der Waals surface area contributed by atoms with E-state index in [1.54, 1.807) is 0 Å². The molecule has 1 N–H and O–H groups in total. The van der Waals surface area contributed by atoms with E-state index in [0.29, 0.717) is 17.9 Å². The third kappa shape index (κ3) is 2.36. The molecular formula is C14H17N3O3S. The topological polar surface area (TPSA) is 74.9 Å². The van der Waals surface area contributed by atoms with E-state index < -0.39 is 6.10 Å². The smallest absolute Gasteiger partial charge is 0.271 e. The van der Waals surface area contributed by atoms with Gasteiger partial charge in [-0.3, -0.25) is 14.0 Å². The minimum Gasteiger partial charge on any atom is -0.391 e. The van der Waals surface area contributed by atoms with Gasteiger partial charge in [0.2, 0.25) is 0 Å². The maximum Gasteiger partial charge on any atom is 0.271 e. The average Bonchev–Trinajstić information content (AvgIpc) is 2.74. The number of likely N-dealkylation sites (tertiary alicyclic amines) is 1. The quantitative estimate of drug-likeness (QED) is 0.852. The first-order valence-electron chi connectivity index (χ1n) is 6.94. The summed E-state index contributed by atoms with van der Waals surface area (Å²) in [4.78, 5) is 32.4. The van der Waals surface area contributed by atoms with Crippen LogP contribution in [-0.4, -0.2) is 44.5 Å². The van der Waals surface area contributed by atoms with Gasteiger partial charge in [-0.25, -0.2) is 4.98 Å². The zero-order valence-corrected chi connectivity index (χ0v) is 12.8. The van der Waals surface area contributed by atoms with Crippen LogP contribution in [0, 0.1) is 13.8 Å². The van der Waals surface area contributed by atoms with Crippen LogP contribution in [0.25, 0.3) is 4.96 Å². The third-order valence-electron chi connectivity index (χ3n) is 3.93. The number of rotatable bonds is 1. The lowest BCUT2D eigenvalue weighted by molar-refractivity contribution is 0.0472. The van der Waals surface area contributed by atoms with Crippen molar-refractivity contribution in [3.63, 3.8) is 0 Å². The van der Waals surface area contributed by atoms with E-state index in [2.05, 4.69) is 4.98 Å². The summed E-state index contributed by atoms with van der Waals surface area (Å²) in [6.07, 6.45) is 2.30. The van der Waals surface area contributed by atoms with Gasteiger partial charge in [0.25, 0.3) is 11.5 Å². The van der Waals surface area contributed by atoms with Crippen LogP contribution in [0.1, 0.15) is 33.8 Å². The normalized spacial score (nSPS) is 19.2. The lowest BCUT2D eigenvalue weighted by Gasteiger charge is -2.29. The van der Waals surface area contributed by atoms with Crippen LogP contribution in [-0.2, 0) is 0 Å². The highest BCUT2D eigenvalue weighted by molar-refractivity contribution is 7.17. The van der Waals surface area contributed by atoms with Gasteiger partial charge in [-0.1, -0.05) is 0 Å². The Morgan fingerprint density at radius 1 is 1.48 bits per heavy atom. The monoisotopic (exact) mass is 307 g/mol. The van der Waals surface area contributed by atoms with Gasteiger partial charge in [0.1, 0.15) is 5.56 Å². The number of aliphatic hydroxyl groups is 1. The number of nitrogens with zero attached hydrogens (tertiary/aromatic N) is 3. The van der Waals surface area contributed by atoms with Crippen LogP contribution < -0.4 is 5.56 Å².